The molecule has 5 heteroatoms. The fourth-order valence-corrected chi connectivity index (χ4v) is 1.77. The van der Waals surface area contributed by atoms with Gasteiger partial charge < -0.3 is 10.8 Å². The summed E-state index contributed by atoms with van der Waals surface area (Å²) < 4.78 is 13.7. The molecule has 0 saturated heterocycles. The molecule has 1 aromatic rings. The van der Waals surface area contributed by atoms with E-state index in [9.17, 15) is 9.50 Å². The predicted octanol–water partition coefficient (Wildman–Crippen LogP) is 3.68. The summed E-state index contributed by atoms with van der Waals surface area (Å²) in [7, 11) is 0. The minimum absolute atomic E-state index is 0. The van der Waals surface area contributed by atoms with Crippen LogP contribution in [0.5, 0.6) is 5.75 Å². The van der Waals surface area contributed by atoms with Gasteiger partial charge in [0.1, 0.15) is 0 Å². The third-order valence-corrected chi connectivity index (χ3v) is 2.60. The Kier molecular flexibility index (Phi) is 6.64. The minimum Gasteiger partial charge on any atom is -0.505 e. The molecular weight excluding hydrogens is 296 g/mol. The smallest absolute Gasteiger partial charge is 0.166 e. The van der Waals surface area contributed by atoms with Crippen LogP contribution < -0.4 is 5.73 Å². The van der Waals surface area contributed by atoms with Crippen LogP contribution in [0.1, 0.15) is 24.4 Å². The van der Waals surface area contributed by atoms with Crippen molar-refractivity contribution in [2.24, 2.45) is 5.73 Å². The first-order valence-electron chi connectivity index (χ1n) is 4.60. The third kappa shape index (κ3) is 3.77. The maximum absolute atomic E-state index is 13.2. The van der Waals surface area contributed by atoms with Crippen LogP contribution in [-0.4, -0.2) is 5.11 Å². The van der Waals surface area contributed by atoms with Crippen molar-refractivity contribution in [1.82, 2.24) is 0 Å². The van der Waals surface area contributed by atoms with Gasteiger partial charge in [-0.25, -0.2) is 4.39 Å². The summed E-state index contributed by atoms with van der Waals surface area (Å²) in [6.07, 6.45) is 3.10. The van der Waals surface area contributed by atoms with Gasteiger partial charge in [-0.15, -0.1) is 19.0 Å². The lowest BCUT2D eigenvalue weighted by Crippen LogP contribution is -2.10. The normalized spacial score (nSPS) is 11.7. The highest BCUT2D eigenvalue weighted by Crippen LogP contribution is 2.31. The molecule has 0 radical (unpaired) electrons. The maximum Gasteiger partial charge on any atom is 0.166 e. The summed E-state index contributed by atoms with van der Waals surface area (Å²) >= 11 is 3.16. The van der Waals surface area contributed by atoms with Gasteiger partial charge in [0.25, 0.3) is 0 Å². The fourth-order valence-electron chi connectivity index (χ4n) is 1.32. The Morgan fingerprint density at radius 3 is 2.75 bits per heavy atom. The Balaban J connectivity index is 0.00000225. The van der Waals surface area contributed by atoms with Crippen LogP contribution >= 0.6 is 28.3 Å². The summed E-state index contributed by atoms with van der Waals surface area (Å²) in [6, 6.07) is 2.46. The average Bonchev–Trinajstić information content (AvgIpc) is 2.19. The number of phenolic OH excluding ortho intramolecular Hbond substituents is 1. The van der Waals surface area contributed by atoms with Crippen molar-refractivity contribution >= 4 is 28.3 Å². The van der Waals surface area contributed by atoms with E-state index < -0.39 is 5.82 Å². The van der Waals surface area contributed by atoms with Gasteiger partial charge in [-0.2, -0.15) is 0 Å². The van der Waals surface area contributed by atoms with E-state index in [1.807, 2.05) is 0 Å². The fraction of sp³-hybridized carbons (Fsp3) is 0.273. The van der Waals surface area contributed by atoms with Crippen LogP contribution in [-0.2, 0) is 0 Å². The Morgan fingerprint density at radius 1 is 1.56 bits per heavy atom. The molecule has 0 aliphatic carbocycles. The van der Waals surface area contributed by atoms with Crippen LogP contribution in [0.4, 0.5) is 4.39 Å². The van der Waals surface area contributed by atoms with Crippen molar-refractivity contribution in [3.05, 3.63) is 40.6 Å². The molecule has 16 heavy (non-hydrogen) atoms. The molecule has 0 amide bonds. The van der Waals surface area contributed by atoms with Crippen molar-refractivity contribution in [3.63, 3.8) is 0 Å². The largest absolute Gasteiger partial charge is 0.505 e. The lowest BCUT2D eigenvalue weighted by atomic mass is 10.0. The van der Waals surface area contributed by atoms with Crippen LogP contribution in [0, 0.1) is 5.82 Å². The summed E-state index contributed by atoms with van der Waals surface area (Å²) in [4.78, 5) is 0. The zero-order valence-electron chi connectivity index (χ0n) is 8.62. The summed E-state index contributed by atoms with van der Waals surface area (Å²) in [5.74, 6) is -1.02. The van der Waals surface area contributed by atoms with Crippen LogP contribution in [0.15, 0.2) is 29.3 Å². The van der Waals surface area contributed by atoms with E-state index in [1.165, 1.54) is 6.07 Å². The van der Waals surface area contributed by atoms with Gasteiger partial charge in [0.15, 0.2) is 11.6 Å². The molecule has 1 rings (SSSR count). The van der Waals surface area contributed by atoms with Gasteiger partial charge in [0.2, 0.25) is 0 Å². The molecule has 0 heterocycles. The molecule has 0 aliphatic rings. The molecule has 3 N–H and O–H groups in total. The number of rotatable bonds is 4. The van der Waals surface area contributed by atoms with E-state index in [0.29, 0.717) is 16.5 Å². The maximum atomic E-state index is 13.2. The monoisotopic (exact) mass is 309 g/mol. The first-order valence-corrected chi connectivity index (χ1v) is 5.40. The zero-order chi connectivity index (χ0) is 11.4. The van der Waals surface area contributed by atoms with Crippen molar-refractivity contribution in [2.45, 2.75) is 18.9 Å². The quantitative estimate of drug-likeness (QED) is 0.833. The van der Waals surface area contributed by atoms with Gasteiger partial charge in [-0.1, -0.05) is 22.0 Å². The van der Waals surface area contributed by atoms with Crippen LogP contribution in [0.25, 0.3) is 0 Å². The Labute approximate surface area is 109 Å². The van der Waals surface area contributed by atoms with E-state index in [1.54, 1.807) is 12.1 Å². The second-order valence-electron chi connectivity index (χ2n) is 3.30. The van der Waals surface area contributed by atoms with Crippen LogP contribution in [0.3, 0.4) is 0 Å². The van der Waals surface area contributed by atoms with Crippen molar-refractivity contribution in [1.29, 1.82) is 0 Å². The lowest BCUT2D eigenvalue weighted by molar-refractivity contribution is 0.418. The number of phenols is 1. The molecule has 0 bridgehead atoms. The van der Waals surface area contributed by atoms with E-state index in [0.717, 1.165) is 6.42 Å². The van der Waals surface area contributed by atoms with E-state index >= 15 is 0 Å². The van der Waals surface area contributed by atoms with Crippen LogP contribution in [0.2, 0.25) is 0 Å². The molecule has 0 spiro atoms. The van der Waals surface area contributed by atoms with Gasteiger partial charge in [0.05, 0.1) is 0 Å². The van der Waals surface area contributed by atoms with E-state index in [4.69, 9.17) is 5.73 Å². The highest BCUT2D eigenvalue weighted by molar-refractivity contribution is 9.10. The molecule has 0 unspecified atom stereocenters. The highest BCUT2D eigenvalue weighted by Gasteiger charge is 2.14. The second kappa shape index (κ2) is 6.89. The van der Waals surface area contributed by atoms with E-state index in [-0.39, 0.29) is 24.2 Å². The van der Waals surface area contributed by atoms with Crippen molar-refractivity contribution in [2.75, 3.05) is 0 Å². The standard InChI is InChI=1S/C11H13BrFNO.ClH/c1-2-3-4-10(14)8-5-7(12)6-9(13)11(8)15;/h2,5-6,10,15H,1,3-4,14H2;1H/t10-;/m0./s1. The number of aromatic hydroxyl groups is 1. The number of halogens is 3. The number of hydrogen-bond acceptors (Lipinski definition) is 2. The Bertz CT molecular complexity index is 373. The van der Waals surface area contributed by atoms with Gasteiger partial charge >= 0.3 is 0 Å². The average molecular weight is 311 g/mol. The molecule has 0 saturated carbocycles. The molecule has 2 nitrogen and oxygen atoms in total. The van der Waals surface area contributed by atoms with E-state index in [2.05, 4.69) is 22.5 Å². The molecule has 0 aromatic heterocycles. The highest BCUT2D eigenvalue weighted by atomic mass is 79.9. The third-order valence-electron chi connectivity index (χ3n) is 2.14. The molecule has 1 aromatic carbocycles. The molecule has 0 aliphatic heterocycles. The molecule has 1 atom stereocenters. The van der Waals surface area contributed by atoms with Gasteiger partial charge in [-0.3, -0.25) is 0 Å². The number of allylic oxidation sites excluding steroid dienone is 1. The number of hydrogen-bond donors (Lipinski definition) is 2. The molecule has 0 fully saturated rings. The number of nitrogens with two attached hydrogens (primary N) is 1. The summed E-state index contributed by atoms with van der Waals surface area (Å²) in [6.45, 7) is 3.58. The lowest BCUT2D eigenvalue weighted by Gasteiger charge is -2.13. The van der Waals surface area contributed by atoms with Crippen molar-refractivity contribution in [3.8, 4) is 5.75 Å². The summed E-state index contributed by atoms with van der Waals surface area (Å²) in [5, 5.41) is 9.49. The second-order valence-corrected chi connectivity index (χ2v) is 4.21. The predicted molar refractivity (Wildman–Crippen MR) is 69.4 cm³/mol. The molecule has 90 valence electrons. The van der Waals surface area contributed by atoms with Crippen molar-refractivity contribution < 1.29 is 9.50 Å². The first-order chi connectivity index (χ1) is 7.06. The first kappa shape index (κ1) is 15.4. The molecular formula is C11H14BrClFNO. The van der Waals surface area contributed by atoms with Gasteiger partial charge in [0, 0.05) is 16.1 Å². The Hall–Kier alpha value is -0.580. The SMILES string of the molecule is C=CCC[C@H](N)c1cc(Br)cc(F)c1O.Cl. The number of benzene rings is 1. The minimum atomic E-state index is -0.659. The Morgan fingerprint density at radius 2 is 2.19 bits per heavy atom. The summed E-state index contributed by atoms with van der Waals surface area (Å²) in [5.41, 5.74) is 6.24. The van der Waals surface area contributed by atoms with Gasteiger partial charge in [-0.05, 0) is 25.0 Å². The topological polar surface area (TPSA) is 46.2 Å². The zero-order valence-corrected chi connectivity index (χ0v) is 11.0.